The first-order chi connectivity index (χ1) is 6.18. The normalized spacial score (nSPS) is 28.6. The molecular weight excluding hydrogens is 160 g/mol. The molecule has 0 radical (unpaired) electrons. The van der Waals surface area contributed by atoms with Crippen LogP contribution in [0.15, 0.2) is 42.5 Å². The van der Waals surface area contributed by atoms with Gasteiger partial charge in [0.1, 0.15) is 0 Å². The minimum atomic E-state index is -0.331. The highest BCUT2D eigenvalue weighted by Gasteiger charge is 2.52. The highest BCUT2D eigenvalue weighted by molar-refractivity contribution is 5.49. The summed E-state index contributed by atoms with van der Waals surface area (Å²) in [7, 11) is 0. The van der Waals surface area contributed by atoms with E-state index in [2.05, 4.69) is 18.7 Å². The van der Waals surface area contributed by atoms with Crippen molar-refractivity contribution in [1.82, 2.24) is 0 Å². The van der Waals surface area contributed by atoms with Gasteiger partial charge in [-0.3, -0.25) is 0 Å². The maximum absolute atomic E-state index is 9.71. The van der Waals surface area contributed by atoms with Crippen LogP contribution in [0.5, 0.6) is 0 Å². The topological polar surface area (TPSA) is 20.2 Å². The average Bonchev–Trinajstić information content (AvgIpc) is 2.80. The molecule has 0 amide bonds. The first-order valence-electron chi connectivity index (χ1n) is 4.60. The number of benzene rings is 1. The van der Waals surface area contributed by atoms with E-state index in [0.29, 0.717) is 0 Å². The molecule has 0 spiro atoms. The SMILES string of the molecule is C=C1CC1(c1ccccc1)C(C)O. The van der Waals surface area contributed by atoms with Gasteiger partial charge in [0.05, 0.1) is 6.10 Å². The van der Waals surface area contributed by atoms with E-state index in [0.717, 1.165) is 12.0 Å². The van der Waals surface area contributed by atoms with Crippen molar-refractivity contribution in [3.63, 3.8) is 0 Å². The molecule has 1 aliphatic carbocycles. The van der Waals surface area contributed by atoms with E-state index in [9.17, 15) is 5.11 Å². The van der Waals surface area contributed by atoms with Crippen molar-refractivity contribution in [3.05, 3.63) is 48.0 Å². The number of hydrogen-bond acceptors (Lipinski definition) is 1. The van der Waals surface area contributed by atoms with Crippen LogP contribution in [0.3, 0.4) is 0 Å². The summed E-state index contributed by atoms with van der Waals surface area (Å²) in [5.41, 5.74) is 2.20. The van der Waals surface area contributed by atoms with Crippen LogP contribution in [-0.4, -0.2) is 11.2 Å². The molecule has 0 saturated heterocycles. The minimum absolute atomic E-state index is 0.138. The van der Waals surface area contributed by atoms with Crippen molar-refractivity contribution in [2.24, 2.45) is 0 Å². The number of rotatable bonds is 2. The van der Waals surface area contributed by atoms with Crippen LogP contribution in [0.25, 0.3) is 0 Å². The fourth-order valence-electron chi connectivity index (χ4n) is 2.02. The van der Waals surface area contributed by atoms with Crippen LogP contribution in [0.4, 0.5) is 0 Å². The molecule has 1 aromatic rings. The van der Waals surface area contributed by atoms with Gasteiger partial charge in [0.25, 0.3) is 0 Å². The molecular formula is C12H14O. The number of hydrogen-bond donors (Lipinski definition) is 1. The van der Waals surface area contributed by atoms with E-state index >= 15 is 0 Å². The Hall–Kier alpha value is -1.08. The lowest BCUT2D eigenvalue weighted by molar-refractivity contribution is 0.156. The lowest BCUT2D eigenvalue weighted by Crippen LogP contribution is -2.22. The fraction of sp³-hybridized carbons (Fsp3) is 0.333. The van der Waals surface area contributed by atoms with E-state index < -0.39 is 0 Å². The molecule has 2 rings (SSSR count). The second-order valence-corrected chi connectivity index (χ2v) is 3.79. The van der Waals surface area contributed by atoms with Gasteiger partial charge in [-0.05, 0) is 18.9 Å². The van der Waals surface area contributed by atoms with Gasteiger partial charge in [0, 0.05) is 5.41 Å². The Bertz CT molecular complexity index is 326. The quantitative estimate of drug-likeness (QED) is 0.682. The summed E-state index contributed by atoms with van der Waals surface area (Å²) in [6.45, 7) is 5.80. The molecule has 13 heavy (non-hydrogen) atoms. The summed E-state index contributed by atoms with van der Waals surface area (Å²) in [5.74, 6) is 0. The minimum Gasteiger partial charge on any atom is -0.392 e. The lowest BCUT2D eigenvalue weighted by atomic mass is 9.90. The third-order valence-electron chi connectivity index (χ3n) is 3.00. The third kappa shape index (κ3) is 1.11. The molecule has 0 aromatic heterocycles. The largest absolute Gasteiger partial charge is 0.392 e. The standard InChI is InChI=1S/C12H14O/c1-9-8-12(9,10(2)13)11-6-4-3-5-7-11/h3-7,10,13H,1,8H2,2H3. The van der Waals surface area contributed by atoms with Gasteiger partial charge in [-0.15, -0.1) is 0 Å². The van der Waals surface area contributed by atoms with Crippen LogP contribution < -0.4 is 0 Å². The second kappa shape index (κ2) is 2.71. The van der Waals surface area contributed by atoms with Crippen molar-refractivity contribution in [1.29, 1.82) is 0 Å². The van der Waals surface area contributed by atoms with Crippen molar-refractivity contribution in [2.75, 3.05) is 0 Å². The van der Waals surface area contributed by atoms with Crippen LogP contribution in [-0.2, 0) is 5.41 Å². The summed E-state index contributed by atoms with van der Waals surface area (Å²) in [6, 6.07) is 10.1. The van der Waals surface area contributed by atoms with Gasteiger partial charge in [0.15, 0.2) is 0 Å². The van der Waals surface area contributed by atoms with Crippen LogP contribution in [0, 0.1) is 0 Å². The summed E-state index contributed by atoms with van der Waals surface area (Å²) < 4.78 is 0. The number of aliphatic hydroxyl groups excluding tert-OH is 1. The van der Waals surface area contributed by atoms with E-state index in [1.165, 1.54) is 5.56 Å². The smallest absolute Gasteiger partial charge is 0.0649 e. The predicted molar refractivity (Wildman–Crippen MR) is 53.6 cm³/mol. The molecule has 1 fully saturated rings. The van der Waals surface area contributed by atoms with Crippen molar-refractivity contribution in [3.8, 4) is 0 Å². The molecule has 0 aliphatic heterocycles. The van der Waals surface area contributed by atoms with Gasteiger partial charge in [-0.1, -0.05) is 42.5 Å². The van der Waals surface area contributed by atoms with Crippen LogP contribution in [0.1, 0.15) is 18.9 Å². The molecule has 1 saturated carbocycles. The Morgan fingerprint density at radius 3 is 2.31 bits per heavy atom. The predicted octanol–water partition coefficient (Wildman–Crippen LogP) is 2.27. The Labute approximate surface area is 78.7 Å². The molecule has 0 bridgehead atoms. The monoisotopic (exact) mass is 174 g/mol. The molecule has 1 N–H and O–H groups in total. The zero-order valence-corrected chi connectivity index (χ0v) is 7.83. The van der Waals surface area contributed by atoms with E-state index in [4.69, 9.17) is 0 Å². The fourth-order valence-corrected chi connectivity index (χ4v) is 2.02. The highest BCUT2D eigenvalue weighted by Crippen LogP contribution is 2.55. The first kappa shape index (κ1) is 8.52. The highest BCUT2D eigenvalue weighted by atomic mass is 16.3. The van der Waals surface area contributed by atoms with Crippen molar-refractivity contribution < 1.29 is 5.11 Å². The second-order valence-electron chi connectivity index (χ2n) is 3.79. The van der Waals surface area contributed by atoms with E-state index in [1.54, 1.807) is 0 Å². The molecule has 68 valence electrons. The number of aliphatic hydroxyl groups is 1. The zero-order chi connectivity index (χ0) is 9.47. The summed E-state index contributed by atoms with van der Waals surface area (Å²) >= 11 is 0. The molecule has 1 heteroatoms. The maximum Gasteiger partial charge on any atom is 0.0649 e. The van der Waals surface area contributed by atoms with Gasteiger partial charge in [-0.25, -0.2) is 0 Å². The molecule has 2 unspecified atom stereocenters. The van der Waals surface area contributed by atoms with Gasteiger partial charge in [-0.2, -0.15) is 0 Å². The van der Waals surface area contributed by atoms with Crippen molar-refractivity contribution >= 4 is 0 Å². The average molecular weight is 174 g/mol. The maximum atomic E-state index is 9.71. The van der Waals surface area contributed by atoms with E-state index in [-0.39, 0.29) is 11.5 Å². The Balaban J connectivity index is 2.40. The molecule has 0 heterocycles. The molecule has 1 nitrogen and oxygen atoms in total. The zero-order valence-electron chi connectivity index (χ0n) is 7.83. The Kier molecular flexibility index (Phi) is 1.77. The van der Waals surface area contributed by atoms with Crippen molar-refractivity contribution in [2.45, 2.75) is 24.9 Å². The van der Waals surface area contributed by atoms with Crippen LogP contribution in [0.2, 0.25) is 0 Å². The Morgan fingerprint density at radius 1 is 1.38 bits per heavy atom. The van der Waals surface area contributed by atoms with E-state index in [1.807, 2.05) is 25.1 Å². The summed E-state index contributed by atoms with van der Waals surface area (Å²) in [5, 5.41) is 9.71. The summed E-state index contributed by atoms with van der Waals surface area (Å²) in [6.07, 6.45) is 0.594. The lowest BCUT2D eigenvalue weighted by Gasteiger charge is -2.18. The van der Waals surface area contributed by atoms with Gasteiger partial charge in [0.2, 0.25) is 0 Å². The molecule has 1 aliphatic rings. The first-order valence-corrected chi connectivity index (χ1v) is 4.60. The van der Waals surface area contributed by atoms with Crippen LogP contribution >= 0.6 is 0 Å². The molecule has 2 atom stereocenters. The summed E-state index contributed by atoms with van der Waals surface area (Å²) in [4.78, 5) is 0. The Morgan fingerprint density at radius 2 is 1.92 bits per heavy atom. The third-order valence-corrected chi connectivity index (χ3v) is 3.00. The molecule has 1 aromatic carbocycles. The van der Waals surface area contributed by atoms with Gasteiger partial charge >= 0.3 is 0 Å². The van der Waals surface area contributed by atoms with Gasteiger partial charge < -0.3 is 5.11 Å².